The summed E-state index contributed by atoms with van der Waals surface area (Å²) in [7, 11) is 0. The van der Waals surface area contributed by atoms with Crippen LogP contribution >= 0.6 is 15.9 Å². The number of rotatable bonds is 4. The molecule has 22 heavy (non-hydrogen) atoms. The highest BCUT2D eigenvalue weighted by atomic mass is 79.9. The van der Waals surface area contributed by atoms with Crippen LogP contribution in [0.2, 0.25) is 0 Å². The summed E-state index contributed by atoms with van der Waals surface area (Å²) in [5.74, 6) is -0.745. The minimum Gasteiger partial charge on any atom is -0.340 e. The maximum absolute atomic E-state index is 13.1. The smallest absolute Gasteiger partial charge is 0.340 e. The first-order chi connectivity index (χ1) is 10.4. The van der Waals surface area contributed by atoms with Gasteiger partial charge in [-0.2, -0.15) is 13.2 Å². The maximum Gasteiger partial charge on any atom is 0.408 e. The summed E-state index contributed by atoms with van der Waals surface area (Å²) in [6.45, 7) is 0. The lowest BCUT2D eigenvalue weighted by atomic mass is 10.0. The number of nitrogens with one attached hydrogen (secondary N) is 1. The highest BCUT2D eigenvalue weighted by molar-refractivity contribution is 9.10. The summed E-state index contributed by atoms with van der Waals surface area (Å²) in [6, 6.07) is 12.5. The van der Waals surface area contributed by atoms with E-state index in [-0.39, 0.29) is 12.0 Å². The lowest BCUT2D eigenvalue weighted by Gasteiger charge is -2.22. The molecule has 116 valence electrons. The standard InChI is InChI=1S/C16H13BrF3NO/c17-13-8-6-12(7-9-13)15(22)21-14(16(18,19)20)10-11-4-2-1-3-5-11/h1-9,14H,10H2,(H,21,22). The first kappa shape index (κ1) is 16.5. The van der Waals surface area contributed by atoms with Gasteiger partial charge in [0.05, 0.1) is 0 Å². The summed E-state index contributed by atoms with van der Waals surface area (Å²) >= 11 is 3.21. The fraction of sp³-hybridized carbons (Fsp3) is 0.188. The molecule has 2 aromatic rings. The molecule has 1 amide bonds. The number of halogens is 4. The molecule has 6 heteroatoms. The van der Waals surface area contributed by atoms with Gasteiger partial charge < -0.3 is 5.32 Å². The van der Waals surface area contributed by atoms with E-state index in [2.05, 4.69) is 21.2 Å². The van der Waals surface area contributed by atoms with Crippen molar-refractivity contribution in [1.82, 2.24) is 5.32 Å². The van der Waals surface area contributed by atoms with Gasteiger partial charge >= 0.3 is 6.18 Å². The van der Waals surface area contributed by atoms with E-state index in [1.54, 1.807) is 42.5 Å². The monoisotopic (exact) mass is 371 g/mol. The molecule has 0 aliphatic rings. The Morgan fingerprint density at radius 3 is 2.18 bits per heavy atom. The van der Waals surface area contributed by atoms with E-state index in [0.717, 1.165) is 4.47 Å². The molecule has 0 fully saturated rings. The Hall–Kier alpha value is -1.82. The van der Waals surface area contributed by atoms with Gasteiger partial charge in [-0.25, -0.2) is 0 Å². The number of hydrogen-bond donors (Lipinski definition) is 1. The van der Waals surface area contributed by atoms with Gasteiger partial charge in [0.15, 0.2) is 0 Å². The third kappa shape index (κ3) is 4.59. The van der Waals surface area contributed by atoms with Crippen LogP contribution in [0.4, 0.5) is 13.2 Å². The Morgan fingerprint density at radius 2 is 1.64 bits per heavy atom. The largest absolute Gasteiger partial charge is 0.408 e. The molecule has 2 aromatic carbocycles. The predicted molar refractivity (Wildman–Crippen MR) is 81.6 cm³/mol. The molecule has 1 unspecified atom stereocenters. The second-order valence-electron chi connectivity index (χ2n) is 4.76. The van der Waals surface area contributed by atoms with Crippen molar-refractivity contribution in [1.29, 1.82) is 0 Å². The zero-order valence-corrected chi connectivity index (χ0v) is 13.0. The average molecular weight is 372 g/mol. The normalized spacial score (nSPS) is 12.7. The van der Waals surface area contributed by atoms with Crippen LogP contribution in [0.1, 0.15) is 15.9 Å². The lowest BCUT2D eigenvalue weighted by Crippen LogP contribution is -2.46. The summed E-state index contributed by atoms with van der Waals surface area (Å²) < 4.78 is 40.1. The quantitative estimate of drug-likeness (QED) is 0.850. The van der Waals surface area contributed by atoms with Gasteiger partial charge in [0.1, 0.15) is 6.04 Å². The van der Waals surface area contributed by atoms with Crippen molar-refractivity contribution in [3.8, 4) is 0 Å². The minimum atomic E-state index is -4.51. The van der Waals surface area contributed by atoms with Crippen molar-refractivity contribution in [2.75, 3.05) is 0 Å². The average Bonchev–Trinajstić information content (AvgIpc) is 2.47. The molecule has 0 aliphatic heterocycles. The molecular weight excluding hydrogens is 359 g/mol. The molecule has 0 heterocycles. The molecule has 1 N–H and O–H groups in total. The van der Waals surface area contributed by atoms with E-state index >= 15 is 0 Å². The predicted octanol–water partition coefficient (Wildman–Crippen LogP) is 4.35. The Labute approximate surface area is 134 Å². The van der Waals surface area contributed by atoms with E-state index in [1.807, 2.05) is 0 Å². The highest BCUT2D eigenvalue weighted by Crippen LogP contribution is 2.24. The lowest BCUT2D eigenvalue weighted by molar-refractivity contribution is -0.153. The van der Waals surface area contributed by atoms with Gasteiger partial charge in [-0.1, -0.05) is 46.3 Å². The van der Waals surface area contributed by atoms with Crippen LogP contribution in [0.15, 0.2) is 59.1 Å². The topological polar surface area (TPSA) is 29.1 Å². The summed E-state index contributed by atoms with van der Waals surface area (Å²) in [6.07, 6.45) is -4.81. The Bertz CT molecular complexity index is 626. The zero-order valence-electron chi connectivity index (χ0n) is 11.4. The first-order valence-electron chi connectivity index (χ1n) is 6.53. The summed E-state index contributed by atoms with van der Waals surface area (Å²) in [4.78, 5) is 12.0. The van der Waals surface area contributed by atoms with Gasteiger partial charge in [0, 0.05) is 16.5 Å². The van der Waals surface area contributed by atoms with Crippen LogP contribution in [0, 0.1) is 0 Å². The Balaban J connectivity index is 2.13. The SMILES string of the molecule is O=C(NC(Cc1ccccc1)C(F)(F)F)c1ccc(Br)cc1. The van der Waals surface area contributed by atoms with E-state index in [0.29, 0.717) is 5.56 Å². The molecule has 0 aromatic heterocycles. The summed E-state index contributed by atoms with van der Waals surface area (Å²) in [5, 5.41) is 2.06. The molecule has 1 atom stereocenters. The number of amides is 1. The van der Waals surface area contributed by atoms with Gasteiger partial charge in [0.25, 0.3) is 5.91 Å². The maximum atomic E-state index is 13.1. The van der Waals surface area contributed by atoms with Crippen LogP contribution in [0.3, 0.4) is 0 Å². The highest BCUT2D eigenvalue weighted by Gasteiger charge is 2.40. The molecule has 0 radical (unpaired) electrons. The van der Waals surface area contributed by atoms with Crippen LogP contribution in [-0.4, -0.2) is 18.1 Å². The second kappa shape index (κ2) is 6.96. The van der Waals surface area contributed by atoms with Crippen molar-refractivity contribution in [3.63, 3.8) is 0 Å². The van der Waals surface area contributed by atoms with Gasteiger partial charge in [-0.05, 0) is 29.8 Å². The van der Waals surface area contributed by atoms with Gasteiger partial charge in [-0.3, -0.25) is 4.79 Å². The van der Waals surface area contributed by atoms with E-state index < -0.39 is 18.1 Å². The van der Waals surface area contributed by atoms with Crippen molar-refractivity contribution >= 4 is 21.8 Å². The third-order valence-corrected chi connectivity index (χ3v) is 3.62. The fourth-order valence-electron chi connectivity index (χ4n) is 1.94. The van der Waals surface area contributed by atoms with E-state index in [9.17, 15) is 18.0 Å². The molecule has 0 bridgehead atoms. The zero-order chi connectivity index (χ0) is 16.2. The fourth-order valence-corrected chi connectivity index (χ4v) is 2.21. The van der Waals surface area contributed by atoms with Crippen molar-refractivity contribution < 1.29 is 18.0 Å². The van der Waals surface area contributed by atoms with Crippen LogP contribution in [-0.2, 0) is 6.42 Å². The molecule has 0 aliphatic carbocycles. The van der Waals surface area contributed by atoms with Gasteiger partial charge in [0.2, 0.25) is 0 Å². The number of carbonyl (C=O) groups is 1. The first-order valence-corrected chi connectivity index (χ1v) is 7.32. The molecule has 0 saturated carbocycles. The van der Waals surface area contributed by atoms with Gasteiger partial charge in [-0.15, -0.1) is 0 Å². The van der Waals surface area contributed by atoms with Crippen LogP contribution < -0.4 is 5.32 Å². The number of carbonyl (C=O) groups excluding carboxylic acids is 1. The van der Waals surface area contributed by atoms with Crippen molar-refractivity contribution in [3.05, 3.63) is 70.2 Å². The summed E-state index contributed by atoms with van der Waals surface area (Å²) in [5.41, 5.74) is 0.700. The van der Waals surface area contributed by atoms with E-state index in [4.69, 9.17) is 0 Å². The molecule has 2 nitrogen and oxygen atoms in total. The Kier molecular flexibility index (Phi) is 5.24. The second-order valence-corrected chi connectivity index (χ2v) is 5.68. The third-order valence-electron chi connectivity index (χ3n) is 3.09. The van der Waals surface area contributed by atoms with E-state index in [1.165, 1.54) is 12.1 Å². The minimum absolute atomic E-state index is 0.186. The molecule has 0 spiro atoms. The van der Waals surface area contributed by atoms with Crippen molar-refractivity contribution in [2.45, 2.75) is 18.6 Å². The number of benzene rings is 2. The number of hydrogen-bond acceptors (Lipinski definition) is 1. The molecular formula is C16H13BrF3NO. The number of alkyl halides is 3. The van der Waals surface area contributed by atoms with Crippen LogP contribution in [0.25, 0.3) is 0 Å². The Morgan fingerprint density at radius 1 is 1.05 bits per heavy atom. The molecule has 0 saturated heterocycles. The molecule has 2 rings (SSSR count). The van der Waals surface area contributed by atoms with Crippen molar-refractivity contribution in [2.24, 2.45) is 0 Å². The van der Waals surface area contributed by atoms with Crippen LogP contribution in [0.5, 0.6) is 0 Å².